The Morgan fingerprint density at radius 1 is 0.963 bits per heavy atom. The topological polar surface area (TPSA) is 46.6 Å². The number of nitrogens with zero attached hydrogens (tertiary/aromatic N) is 1. The molecule has 0 bridgehead atoms. The molecular formula is C21H27NO3S2. The zero-order valence-electron chi connectivity index (χ0n) is 16.2. The van der Waals surface area contributed by atoms with E-state index in [4.69, 9.17) is 4.28 Å². The number of para-hydroxylation sites is 1. The number of benzene rings is 2. The van der Waals surface area contributed by atoms with Crippen molar-refractivity contribution in [3.05, 3.63) is 47.5 Å². The fourth-order valence-corrected chi connectivity index (χ4v) is 5.35. The highest BCUT2D eigenvalue weighted by Crippen LogP contribution is 2.50. The lowest BCUT2D eigenvalue weighted by Gasteiger charge is -2.32. The second-order valence-corrected chi connectivity index (χ2v) is 9.56. The lowest BCUT2D eigenvalue weighted by atomic mass is 10.1. The first-order chi connectivity index (χ1) is 13.0. The molecule has 0 aliphatic carbocycles. The minimum Gasteiger partial charge on any atom is -0.202 e. The summed E-state index contributed by atoms with van der Waals surface area (Å²) >= 11 is 1.68. The maximum atomic E-state index is 12.5. The molecule has 0 unspecified atom stereocenters. The summed E-state index contributed by atoms with van der Waals surface area (Å²) in [6.45, 7) is 6.11. The zero-order valence-corrected chi connectivity index (χ0v) is 17.8. The Kier molecular flexibility index (Phi) is 6.50. The number of hydrogen-bond donors (Lipinski definition) is 0. The van der Waals surface area contributed by atoms with E-state index in [1.165, 1.54) is 5.56 Å². The maximum Gasteiger partial charge on any atom is 0.288 e. The first-order valence-electron chi connectivity index (χ1n) is 9.64. The summed E-state index contributed by atoms with van der Waals surface area (Å²) in [6, 6.07) is 12.4. The van der Waals surface area contributed by atoms with E-state index in [-0.39, 0.29) is 5.75 Å². The largest absolute Gasteiger partial charge is 0.288 e. The molecule has 0 fully saturated rings. The van der Waals surface area contributed by atoms with Crippen LogP contribution in [-0.2, 0) is 27.2 Å². The van der Waals surface area contributed by atoms with Crippen molar-refractivity contribution < 1.29 is 12.7 Å². The van der Waals surface area contributed by atoms with Gasteiger partial charge >= 0.3 is 0 Å². The molecule has 6 heteroatoms. The van der Waals surface area contributed by atoms with E-state index in [0.29, 0.717) is 6.42 Å². The highest BCUT2D eigenvalue weighted by atomic mass is 32.2. The monoisotopic (exact) mass is 405 g/mol. The molecule has 2 aromatic carbocycles. The molecule has 0 N–H and O–H groups in total. The van der Waals surface area contributed by atoms with Gasteiger partial charge in [-0.15, -0.1) is 4.28 Å². The third-order valence-corrected chi connectivity index (χ3v) is 6.85. The number of fused-ring (bicyclic) bond motifs is 2. The minimum absolute atomic E-state index is 0.00586. The van der Waals surface area contributed by atoms with Gasteiger partial charge in [0.2, 0.25) is 0 Å². The van der Waals surface area contributed by atoms with Crippen LogP contribution in [0.1, 0.15) is 51.2 Å². The number of hydrogen-bond acceptors (Lipinski definition) is 5. The molecule has 27 heavy (non-hydrogen) atoms. The summed E-state index contributed by atoms with van der Waals surface area (Å²) in [5, 5.41) is 1.57. The van der Waals surface area contributed by atoms with Crippen LogP contribution in [0, 0.1) is 0 Å². The molecule has 0 saturated heterocycles. The van der Waals surface area contributed by atoms with Crippen LogP contribution in [0.25, 0.3) is 0 Å². The molecule has 4 nitrogen and oxygen atoms in total. The van der Waals surface area contributed by atoms with Gasteiger partial charge in [0.1, 0.15) is 0 Å². The molecule has 3 rings (SSSR count). The van der Waals surface area contributed by atoms with Crippen molar-refractivity contribution in [1.29, 1.82) is 0 Å². The zero-order chi connectivity index (χ0) is 19.4. The minimum atomic E-state index is -3.66. The van der Waals surface area contributed by atoms with Gasteiger partial charge in [-0.25, -0.2) is 5.06 Å². The van der Waals surface area contributed by atoms with Gasteiger partial charge in [-0.3, -0.25) is 0 Å². The molecule has 0 saturated carbocycles. The van der Waals surface area contributed by atoms with Crippen LogP contribution in [-0.4, -0.2) is 14.2 Å². The fraction of sp³-hybridized carbons (Fsp3) is 0.429. The number of anilines is 2. The number of aryl methyl sites for hydroxylation is 2. The van der Waals surface area contributed by atoms with E-state index in [1.807, 2.05) is 19.1 Å². The Morgan fingerprint density at radius 3 is 2.44 bits per heavy atom. The molecule has 0 radical (unpaired) electrons. The Morgan fingerprint density at radius 2 is 1.74 bits per heavy atom. The molecular weight excluding hydrogens is 378 g/mol. The molecule has 1 aliphatic rings. The third kappa shape index (κ3) is 4.50. The van der Waals surface area contributed by atoms with Crippen LogP contribution >= 0.6 is 11.8 Å². The van der Waals surface area contributed by atoms with E-state index in [2.05, 4.69) is 38.1 Å². The molecule has 0 spiro atoms. The molecule has 0 amide bonds. The lowest BCUT2D eigenvalue weighted by Crippen LogP contribution is -2.27. The van der Waals surface area contributed by atoms with E-state index >= 15 is 0 Å². The van der Waals surface area contributed by atoms with Gasteiger partial charge in [-0.2, -0.15) is 8.42 Å². The summed E-state index contributed by atoms with van der Waals surface area (Å²) < 4.78 is 30.7. The molecule has 146 valence electrons. The second kappa shape index (κ2) is 8.67. The van der Waals surface area contributed by atoms with Gasteiger partial charge in [0.15, 0.2) is 0 Å². The summed E-state index contributed by atoms with van der Waals surface area (Å²) in [5.41, 5.74) is 3.99. The van der Waals surface area contributed by atoms with Gasteiger partial charge in [0, 0.05) is 9.79 Å². The van der Waals surface area contributed by atoms with Crippen molar-refractivity contribution in [2.45, 2.75) is 62.7 Å². The van der Waals surface area contributed by atoms with E-state index < -0.39 is 10.1 Å². The van der Waals surface area contributed by atoms with Crippen LogP contribution in [0.5, 0.6) is 0 Å². The molecule has 0 atom stereocenters. The van der Waals surface area contributed by atoms with E-state index in [0.717, 1.165) is 52.4 Å². The molecule has 2 aromatic rings. The Bertz CT molecular complexity index is 910. The summed E-state index contributed by atoms with van der Waals surface area (Å²) in [5.74, 6) is 0.00586. The molecule has 0 aromatic heterocycles. The highest BCUT2D eigenvalue weighted by Gasteiger charge is 2.30. The van der Waals surface area contributed by atoms with Crippen molar-refractivity contribution in [3.63, 3.8) is 0 Å². The van der Waals surface area contributed by atoms with E-state index in [1.54, 1.807) is 16.8 Å². The first kappa shape index (κ1) is 20.2. The van der Waals surface area contributed by atoms with Gasteiger partial charge in [0.25, 0.3) is 10.1 Å². The van der Waals surface area contributed by atoms with Crippen LogP contribution in [0.3, 0.4) is 0 Å². The SMILES string of the molecule is CCCc1ccc2c(c1)N(OS(=O)(=O)CCC)c1c(CCC)cccc1S2. The summed E-state index contributed by atoms with van der Waals surface area (Å²) in [7, 11) is -3.66. The summed E-state index contributed by atoms with van der Waals surface area (Å²) in [6.07, 6.45) is 4.38. The smallest absolute Gasteiger partial charge is 0.202 e. The highest BCUT2D eigenvalue weighted by molar-refractivity contribution is 7.99. The second-order valence-electron chi connectivity index (χ2n) is 6.80. The van der Waals surface area contributed by atoms with Crippen LogP contribution in [0.15, 0.2) is 46.2 Å². The van der Waals surface area contributed by atoms with Gasteiger partial charge in [-0.1, -0.05) is 63.6 Å². The van der Waals surface area contributed by atoms with Gasteiger partial charge < -0.3 is 0 Å². The van der Waals surface area contributed by atoms with Gasteiger partial charge in [0.05, 0.1) is 17.1 Å². The van der Waals surface area contributed by atoms with Crippen LogP contribution in [0.4, 0.5) is 11.4 Å². The standard InChI is InChI=1S/C21H27NO3S2/c1-4-8-16-12-13-19-18(15-16)22(25-27(23,24)14-6-3)21-17(9-5-2)10-7-11-20(21)26-19/h7,10-13,15H,4-6,8-9,14H2,1-3H3. The Hall–Kier alpha value is -1.50. The summed E-state index contributed by atoms with van der Waals surface area (Å²) in [4.78, 5) is 2.05. The van der Waals surface area contributed by atoms with Crippen LogP contribution < -0.4 is 5.06 Å². The average molecular weight is 406 g/mol. The molecule has 1 aliphatic heterocycles. The lowest BCUT2D eigenvalue weighted by molar-refractivity contribution is 0.318. The third-order valence-electron chi connectivity index (χ3n) is 4.45. The first-order valence-corrected chi connectivity index (χ1v) is 12.0. The van der Waals surface area contributed by atoms with Crippen molar-refractivity contribution in [2.75, 3.05) is 10.8 Å². The predicted octanol–water partition coefficient (Wildman–Crippen LogP) is 5.87. The maximum absolute atomic E-state index is 12.5. The Balaban J connectivity index is 2.14. The quantitative estimate of drug-likeness (QED) is 0.550. The van der Waals surface area contributed by atoms with Crippen LogP contribution in [0.2, 0.25) is 0 Å². The average Bonchev–Trinajstić information content (AvgIpc) is 2.62. The predicted molar refractivity (Wildman–Crippen MR) is 112 cm³/mol. The van der Waals surface area contributed by atoms with Crippen molar-refractivity contribution in [1.82, 2.24) is 0 Å². The van der Waals surface area contributed by atoms with Crippen molar-refractivity contribution in [2.24, 2.45) is 0 Å². The molecule has 1 heterocycles. The van der Waals surface area contributed by atoms with Gasteiger partial charge in [-0.05, 0) is 48.6 Å². The normalized spacial score (nSPS) is 13.4. The fourth-order valence-electron chi connectivity index (χ4n) is 3.32. The van der Waals surface area contributed by atoms with Crippen molar-refractivity contribution in [3.8, 4) is 0 Å². The number of rotatable bonds is 8. The van der Waals surface area contributed by atoms with Crippen molar-refractivity contribution >= 4 is 33.3 Å². The van der Waals surface area contributed by atoms with E-state index in [9.17, 15) is 8.42 Å². The Labute approximate surface area is 167 Å².